The van der Waals surface area contributed by atoms with E-state index in [0.29, 0.717) is 36.3 Å². The Morgan fingerprint density at radius 3 is 2.16 bits per heavy atom. The van der Waals surface area contributed by atoms with Crippen LogP contribution in [0.4, 0.5) is 11.4 Å². The lowest BCUT2D eigenvalue weighted by Gasteiger charge is -2.31. The number of benzene rings is 3. The lowest BCUT2D eigenvalue weighted by atomic mass is 9.99. The highest BCUT2D eigenvalue weighted by molar-refractivity contribution is 7.92. The molecule has 1 aliphatic heterocycles. The van der Waals surface area contributed by atoms with Gasteiger partial charge < -0.3 is 5.32 Å². The highest BCUT2D eigenvalue weighted by Crippen LogP contribution is 2.29. The Hall–Kier alpha value is -2.63. The number of halogens is 2. The van der Waals surface area contributed by atoms with E-state index in [-0.39, 0.29) is 33.1 Å². The quantitative estimate of drug-likeness (QED) is 0.389. The van der Waals surface area contributed by atoms with E-state index in [1.165, 1.54) is 28.6 Å². The first kappa shape index (κ1) is 27.4. The van der Waals surface area contributed by atoms with E-state index in [1.807, 2.05) is 0 Å². The van der Waals surface area contributed by atoms with Crippen LogP contribution in [0.3, 0.4) is 0 Å². The van der Waals surface area contributed by atoms with Crippen molar-refractivity contribution in [1.29, 1.82) is 0 Å². The first-order valence-corrected chi connectivity index (χ1v) is 15.3. The summed E-state index contributed by atoms with van der Waals surface area (Å²) in [7, 11) is -7.55. The average Bonchev–Trinajstić information content (AvgIpc) is 2.87. The summed E-state index contributed by atoms with van der Waals surface area (Å²) in [5, 5.41) is 3.30. The molecule has 3 aromatic rings. The summed E-state index contributed by atoms with van der Waals surface area (Å²) < 4.78 is 55.1. The topological polar surface area (TPSA) is 113 Å². The van der Waals surface area contributed by atoms with Gasteiger partial charge in [-0.25, -0.2) is 21.1 Å². The maximum absolute atomic E-state index is 13.1. The van der Waals surface area contributed by atoms with Gasteiger partial charge in [-0.3, -0.25) is 9.52 Å². The molecular formula is C25H25Cl2N3O5S2. The number of hydrogen-bond acceptors (Lipinski definition) is 5. The van der Waals surface area contributed by atoms with Crippen molar-refractivity contribution in [2.45, 2.75) is 23.5 Å². The summed E-state index contributed by atoms with van der Waals surface area (Å²) >= 11 is 12.3. The van der Waals surface area contributed by atoms with Gasteiger partial charge in [-0.15, -0.1) is 0 Å². The zero-order valence-corrected chi connectivity index (χ0v) is 22.7. The van der Waals surface area contributed by atoms with Crippen molar-refractivity contribution in [1.82, 2.24) is 4.31 Å². The van der Waals surface area contributed by atoms with E-state index in [1.54, 1.807) is 48.5 Å². The predicted octanol–water partition coefficient (Wildman–Crippen LogP) is 4.97. The molecule has 1 saturated heterocycles. The fourth-order valence-electron chi connectivity index (χ4n) is 4.04. The minimum atomic E-state index is -3.79. The molecule has 3 aromatic carbocycles. The molecule has 1 fully saturated rings. The largest absolute Gasteiger partial charge is 0.326 e. The number of carbonyl (C=O) groups excluding carboxylic acids is 1. The van der Waals surface area contributed by atoms with Gasteiger partial charge in [0.2, 0.25) is 15.9 Å². The molecular weight excluding hydrogens is 557 g/mol. The molecule has 2 N–H and O–H groups in total. The Labute approximate surface area is 226 Å². The van der Waals surface area contributed by atoms with Crippen molar-refractivity contribution in [2.75, 3.05) is 23.1 Å². The third-order valence-electron chi connectivity index (χ3n) is 5.99. The van der Waals surface area contributed by atoms with Crippen LogP contribution in [0.1, 0.15) is 18.4 Å². The SMILES string of the molecule is O=C(Nc1ccc(S(=O)(=O)Nc2ccccc2)cc1)[C@@H]1CCCN(S(=O)(=O)Cc2c(Cl)cccc2Cl)C1. The molecule has 8 nitrogen and oxygen atoms in total. The third-order valence-corrected chi connectivity index (χ3v) is 9.87. The van der Waals surface area contributed by atoms with Gasteiger partial charge in [-0.2, -0.15) is 0 Å². The second-order valence-corrected chi connectivity index (χ2v) is 13.1. The Balaban J connectivity index is 1.39. The zero-order valence-electron chi connectivity index (χ0n) is 19.6. The molecule has 0 radical (unpaired) electrons. The zero-order chi connectivity index (χ0) is 26.6. The van der Waals surface area contributed by atoms with Crippen LogP contribution >= 0.6 is 23.2 Å². The van der Waals surface area contributed by atoms with Crippen LogP contribution in [-0.4, -0.2) is 40.1 Å². The van der Waals surface area contributed by atoms with E-state index < -0.39 is 26.0 Å². The first-order valence-electron chi connectivity index (χ1n) is 11.4. The van der Waals surface area contributed by atoms with Crippen LogP contribution in [0, 0.1) is 5.92 Å². The number of nitrogens with zero attached hydrogens (tertiary/aromatic N) is 1. The molecule has 1 heterocycles. The predicted molar refractivity (Wildman–Crippen MR) is 146 cm³/mol. The van der Waals surface area contributed by atoms with Crippen molar-refractivity contribution in [3.8, 4) is 0 Å². The first-order chi connectivity index (χ1) is 17.5. The van der Waals surface area contributed by atoms with Crippen molar-refractivity contribution >= 4 is 60.5 Å². The second kappa shape index (κ2) is 11.4. The summed E-state index contributed by atoms with van der Waals surface area (Å²) in [6.07, 6.45) is 1.05. The van der Waals surface area contributed by atoms with Gasteiger partial charge in [0, 0.05) is 40.1 Å². The number of anilines is 2. The van der Waals surface area contributed by atoms with Crippen LogP contribution in [0.25, 0.3) is 0 Å². The molecule has 0 bridgehead atoms. The van der Waals surface area contributed by atoms with E-state index in [0.717, 1.165) is 0 Å². The van der Waals surface area contributed by atoms with Gasteiger partial charge in [-0.1, -0.05) is 47.5 Å². The Morgan fingerprint density at radius 1 is 0.865 bits per heavy atom. The van der Waals surface area contributed by atoms with Crippen LogP contribution in [0.2, 0.25) is 10.0 Å². The molecule has 0 saturated carbocycles. The van der Waals surface area contributed by atoms with Gasteiger partial charge in [0.05, 0.1) is 16.6 Å². The van der Waals surface area contributed by atoms with Crippen molar-refractivity contribution < 1.29 is 21.6 Å². The highest BCUT2D eigenvalue weighted by atomic mass is 35.5. The third kappa shape index (κ3) is 6.82. The van der Waals surface area contributed by atoms with Gasteiger partial charge in [0.25, 0.3) is 10.0 Å². The summed E-state index contributed by atoms with van der Waals surface area (Å²) in [6.45, 7) is 0.332. The maximum Gasteiger partial charge on any atom is 0.261 e. The van der Waals surface area contributed by atoms with Crippen LogP contribution in [-0.2, 0) is 30.6 Å². The number of para-hydroxylation sites is 1. The van der Waals surface area contributed by atoms with Gasteiger partial charge in [0.1, 0.15) is 0 Å². The molecule has 4 rings (SSSR count). The molecule has 37 heavy (non-hydrogen) atoms. The number of nitrogens with one attached hydrogen (secondary N) is 2. The normalized spacial score (nSPS) is 16.8. The summed E-state index contributed by atoms with van der Waals surface area (Å²) in [5.74, 6) is -1.26. The highest BCUT2D eigenvalue weighted by Gasteiger charge is 2.33. The Morgan fingerprint density at radius 2 is 1.51 bits per heavy atom. The van der Waals surface area contributed by atoms with E-state index in [9.17, 15) is 21.6 Å². The molecule has 1 amide bonds. The molecule has 0 aromatic heterocycles. The number of sulfonamides is 2. The molecule has 1 atom stereocenters. The van der Waals surface area contributed by atoms with Crippen molar-refractivity contribution in [3.05, 3.63) is 88.4 Å². The molecule has 0 aliphatic carbocycles. The van der Waals surface area contributed by atoms with Crippen LogP contribution in [0.5, 0.6) is 0 Å². The summed E-state index contributed by atoms with van der Waals surface area (Å²) in [4.78, 5) is 13.0. The minimum Gasteiger partial charge on any atom is -0.326 e. The smallest absolute Gasteiger partial charge is 0.261 e. The standard InChI is InChI=1S/C25H25Cl2N3O5S2/c26-23-9-4-10-24(27)22(23)17-36(32,33)30-15-5-6-18(16-30)25(31)28-19-11-13-21(14-12-19)37(34,35)29-20-7-2-1-3-8-20/h1-4,7-14,18,29H,5-6,15-17H2,(H,28,31)/t18-/m1/s1. The maximum atomic E-state index is 13.1. The number of rotatable bonds is 8. The van der Waals surface area contributed by atoms with E-state index in [2.05, 4.69) is 10.0 Å². The minimum absolute atomic E-state index is 0.0314. The molecule has 12 heteroatoms. The second-order valence-electron chi connectivity index (χ2n) is 8.64. The molecule has 0 spiro atoms. The van der Waals surface area contributed by atoms with Crippen LogP contribution in [0.15, 0.2) is 77.7 Å². The summed E-state index contributed by atoms with van der Waals surface area (Å²) in [6, 6.07) is 19.1. The number of amides is 1. The fourth-order valence-corrected chi connectivity index (χ4v) is 7.46. The Kier molecular flexibility index (Phi) is 8.45. The Bertz CT molecular complexity index is 1460. The van der Waals surface area contributed by atoms with E-state index in [4.69, 9.17) is 23.2 Å². The lowest BCUT2D eigenvalue weighted by molar-refractivity contribution is -0.120. The average molecular weight is 583 g/mol. The van der Waals surface area contributed by atoms with E-state index >= 15 is 0 Å². The number of carbonyl (C=O) groups is 1. The van der Waals surface area contributed by atoms with Gasteiger partial charge in [-0.05, 0) is 61.4 Å². The number of hydrogen-bond donors (Lipinski definition) is 2. The summed E-state index contributed by atoms with van der Waals surface area (Å²) in [5.41, 5.74) is 1.18. The lowest BCUT2D eigenvalue weighted by Crippen LogP contribution is -2.44. The number of piperidine rings is 1. The van der Waals surface area contributed by atoms with Crippen molar-refractivity contribution in [3.63, 3.8) is 0 Å². The van der Waals surface area contributed by atoms with Gasteiger partial charge in [0.15, 0.2) is 0 Å². The monoisotopic (exact) mass is 581 g/mol. The molecule has 0 unspecified atom stereocenters. The van der Waals surface area contributed by atoms with Gasteiger partial charge >= 0.3 is 0 Å². The molecule has 196 valence electrons. The fraction of sp³-hybridized carbons (Fsp3) is 0.240. The van der Waals surface area contributed by atoms with Crippen molar-refractivity contribution in [2.24, 2.45) is 5.92 Å². The molecule has 1 aliphatic rings. The van der Waals surface area contributed by atoms with Crippen LogP contribution < -0.4 is 10.0 Å².